The van der Waals surface area contributed by atoms with Crippen LogP contribution in [0.25, 0.3) is 0 Å². The molecular formula is C14H11Cl3N2O4S. The van der Waals surface area contributed by atoms with E-state index in [1.807, 2.05) is 0 Å². The summed E-state index contributed by atoms with van der Waals surface area (Å²) in [7, 11) is -2.78. The molecule has 2 aromatic rings. The molecule has 0 fully saturated rings. The Hall–Kier alpha value is -1.51. The average Bonchev–Trinajstić information content (AvgIpc) is 2.53. The zero-order valence-electron chi connectivity index (χ0n) is 12.1. The molecule has 2 rings (SSSR count). The molecule has 0 saturated carbocycles. The predicted molar refractivity (Wildman–Crippen MR) is 93.2 cm³/mol. The molecule has 24 heavy (non-hydrogen) atoms. The van der Waals surface area contributed by atoms with Crippen LogP contribution in [0.5, 0.6) is 0 Å². The molecule has 0 atom stereocenters. The standard InChI is InChI=1S/C14H11Cl3N2O4S/c1-23-14(20)8-3-2-4-10(5-8)24(21,22)19-18-13-11(16)6-9(15)7-12(13)17/h2-7,18-19H,1H3. The maximum Gasteiger partial charge on any atom is 0.337 e. The van der Waals surface area contributed by atoms with Gasteiger partial charge in [-0.3, -0.25) is 0 Å². The Labute approximate surface area is 153 Å². The second kappa shape index (κ2) is 7.58. The lowest BCUT2D eigenvalue weighted by atomic mass is 10.2. The van der Waals surface area contributed by atoms with Crippen molar-refractivity contribution in [2.45, 2.75) is 4.90 Å². The van der Waals surface area contributed by atoms with E-state index >= 15 is 0 Å². The Morgan fingerprint density at radius 2 is 1.71 bits per heavy atom. The van der Waals surface area contributed by atoms with Gasteiger partial charge in [0.05, 0.1) is 33.3 Å². The van der Waals surface area contributed by atoms with Gasteiger partial charge in [-0.2, -0.15) is 0 Å². The Kier molecular flexibility index (Phi) is 5.95. The third-order valence-electron chi connectivity index (χ3n) is 2.88. The van der Waals surface area contributed by atoms with E-state index in [1.54, 1.807) is 0 Å². The number of rotatable bonds is 5. The second-order valence-electron chi connectivity index (χ2n) is 4.49. The van der Waals surface area contributed by atoms with Crippen LogP contribution in [-0.4, -0.2) is 21.5 Å². The first-order chi connectivity index (χ1) is 11.2. The highest BCUT2D eigenvalue weighted by atomic mass is 35.5. The number of carbonyl (C=O) groups is 1. The molecular weight excluding hydrogens is 399 g/mol. The Bertz CT molecular complexity index is 864. The minimum absolute atomic E-state index is 0.0999. The van der Waals surface area contributed by atoms with Crippen molar-refractivity contribution in [3.05, 3.63) is 57.0 Å². The largest absolute Gasteiger partial charge is 0.465 e. The van der Waals surface area contributed by atoms with Crippen LogP contribution in [0, 0.1) is 0 Å². The van der Waals surface area contributed by atoms with E-state index in [0.29, 0.717) is 5.02 Å². The molecule has 0 amide bonds. The highest BCUT2D eigenvalue weighted by Gasteiger charge is 2.18. The van der Waals surface area contributed by atoms with Crippen LogP contribution >= 0.6 is 34.8 Å². The number of hydrogen-bond acceptors (Lipinski definition) is 5. The molecule has 0 radical (unpaired) electrons. The van der Waals surface area contributed by atoms with Crippen molar-refractivity contribution in [2.75, 3.05) is 12.5 Å². The zero-order chi connectivity index (χ0) is 17.9. The lowest BCUT2D eigenvalue weighted by Crippen LogP contribution is -2.30. The highest BCUT2D eigenvalue weighted by molar-refractivity contribution is 7.89. The van der Waals surface area contributed by atoms with E-state index in [1.165, 1.54) is 43.5 Å². The van der Waals surface area contributed by atoms with E-state index in [4.69, 9.17) is 34.8 Å². The Morgan fingerprint density at radius 3 is 2.29 bits per heavy atom. The molecule has 0 aliphatic heterocycles. The van der Waals surface area contributed by atoms with Gasteiger partial charge in [-0.05, 0) is 30.3 Å². The first kappa shape index (κ1) is 18.8. The lowest BCUT2D eigenvalue weighted by molar-refractivity contribution is 0.0600. The quantitative estimate of drug-likeness (QED) is 0.580. The van der Waals surface area contributed by atoms with Crippen molar-refractivity contribution in [1.29, 1.82) is 0 Å². The number of esters is 1. The molecule has 0 aromatic heterocycles. The fourth-order valence-corrected chi connectivity index (χ4v) is 3.55. The summed E-state index contributed by atoms with van der Waals surface area (Å²) in [6, 6.07) is 8.17. The third kappa shape index (κ3) is 4.31. The number of nitrogens with one attached hydrogen (secondary N) is 2. The first-order valence-corrected chi connectivity index (χ1v) is 8.97. The summed E-state index contributed by atoms with van der Waals surface area (Å²) in [6.07, 6.45) is 0. The Morgan fingerprint density at radius 1 is 1.08 bits per heavy atom. The normalized spacial score (nSPS) is 11.2. The predicted octanol–water partition coefficient (Wildman–Crippen LogP) is 3.74. The van der Waals surface area contributed by atoms with Gasteiger partial charge in [0.2, 0.25) is 0 Å². The highest BCUT2D eigenvalue weighted by Crippen LogP contribution is 2.33. The van der Waals surface area contributed by atoms with Crippen LogP contribution in [0.15, 0.2) is 41.3 Å². The number of ether oxygens (including phenoxy) is 1. The summed E-state index contributed by atoms with van der Waals surface area (Å²) in [5.41, 5.74) is 2.68. The third-order valence-corrected chi connectivity index (χ3v) is 4.94. The summed E-state index contributed by atoms with van der Waals surface area (Å²) in [5, 5.41) is 0.584. The summed E-state index contributed by atoms with van der Waals surface area (Å²) in [5.74, 6) is -0.649. The topological polar surface area (TPSA) is 84.5 Å². The number of carbonyl (C=O) groups excluding carboxylic acids is 1. The summed E-state index contributed by atoms with van der Waals surface area (Å²) >= 11 is 17.7. The van der Waals surface area contributed by atoms with E-state index in [9.17, 15) is 13.2 Å². The molecule has 10 heteroatoms. The molecule has 2 N–H and O–H groups in total. The van der Waals surface area contributed by atoms with Crippen molar-refractivity contribution in [1.82, 2.24) is 4.83 Å². The van der Waals surface area contributed by atoms with Gasteiger partial charge in [-0.1, -0.05) is 40.9 Å². The van der Waals surface area contributed by atoms with E-state index in [2.05, 4.69) is 15.0 Å². The zero-order valence-corrected chi connectivity index (χ0v) is 15.2. The van der Waals surface area contributed by atoms with Gasteiger partial charge in [0.25, 0.3) is 10.0 Å². The molecule has 128 valence electrons. The molecule has 0 bridgehead atoms. The minimum Gasteiger partial charge on any atom is -0.465 e. The number of anilines is 1. The number of hydrogen-bond donors (Lipinski definition) is 2. The Balaban J connectivity index is 2.25. The van der Waals surface area contributed by atoms with Crippen LogP contribution in [0.3, 0.4) is 0 Å². The van der Waals surface area contributed by atoms with Crippen molar-refractivity contribution in [3.63, 3.8) is 0 Å². The average molecular weight is 410 g/mol. The molecule has 0 unspecified atom stereocenters. The van der Waals surface area contributed by atoms with Crippen molar-refractivity contribution >= 4 is 56.5 Å². The first-order valence-electron chi connectivity index (χ1n) is 6.35. The lowest BCUT2D eigenvalue weighted by Gasteiger charge is -2.13. The van der Waals surface area contributed by atoms with Gasteiger partial charge in [0, 0.05) is 5.02 Å². The number of halogens is 3. The van der Waals surface area contributed by atoms with Crippen LogP contribution in [0.2, 0.25) is 15.1 Å². The van der Waals surface area contributed by atoms with Crippen molar-refractivity contribution in [3.8, 4) is 0 Å². The van der Waals surface area contributed by atoms with Crippen LogP contribution in [0.4, 0.5) is 5.69 Å². The SMILES string of the molecule is COC(=O)c1cccc(S(=O)(=O)NNc2c(Cl)cc(Cl)cc2Cl)c1. The van der Waals surface area contributed by atoms with Crippen LogP contribution in [0.1, 0.15) is 10.4 Å². The molecule has 0 aliphatic rings. The van der Waals surface area contributed by atoms with Crippen LogP contribution < -0.4 is 10.3 Å². The van der Waals surface area contributed by atoms with Gasteiger partial charge in [-0.25, -0.2) is 13.2 Å². The fourth-order valence-electron chi connectivity index (χ4n) is 1.75. The van der Waals surface area contributed by atoms with E-state index in [0.717, 1.165) is 0 Å². The van der Waals surface area contributed by atoms with Crippen molar-refractivity contribution in [2.24, 2.45) is 0 Å². The van der Waals surface area contributed by atoms with Gasteiger partial charge in [0.1, 0.15) is 0 Å². The second-order valence-corrected chi connectivity index (χ2v) is 7.43. The van der Waals surface area contributed by atoms with Gasteiger partial charge in [0.15, 0.2) is 0 Å². The minimum atomic E-state index is -3.99. The molecule has 0 aliphatic carbocycles. The molecule has 6 nitrogen and oxygen atoms in total. The molecule has 0 saturated heterocycles. The van der Waals surface area contributed by atoms with Gasteiger partial charge in [-0.15, -0.1) is 4.83 Å². The maximum atomic E-state index is 12.3. The number of methoxy groups -OCH3 is 1. The monoisotopic (exact) mass is 408 g/mol. The number of sulfonamides is 1. The van der Waals surface area contributed by atoms with Gasteiger partial charge >= 0.3 is 5.97 Å². The maximum absolute atomic E-state index is 12.3. The fraction of sp³-hybridized carbons (Fsp3) is 0.0714. The smallest absolute Gasteiger partial charge is 0.337 e. The van der Waals surface area contributed by atoms with Gasteiger partial charge < -0.3 is 10.2 Å². The molecule has 2 aromatic carbocycles. The summed E-state index contributed by atoms with van der Waals surface area (Å²) < 4.78 is 29.2. The van der Waals surface area contributed by atoms with E-state index in [-0.39, 0.29) is 26.2 Å². The summed E-state index contributed by atoms with van der Waals surface area (Å²) in [4.78, 5) is 13.5. The molecule has 0 spiro atoms. The van der Waals surface area contributed by atoms with Crippen molar-refractivity contribution < 1.29 is 17.9 Å². The summed E-state index contributed by atoms with van der Waals surface area (Å²) in [6.45, 7) is 0. The van der Waals surface area contributed by atoms with Crippen LogP contribution in [-0.2, 0) is 14.8 Å². The molecule has 0 heterocycles. The van der Waals surface area contributed by atoms with E-state index < -0.39 is 16.0 Å². The number of hydrazine groups is 1. The number of benzene rings is 2.